The molecule has 9 heteroatoms. The lowest BCUT2D eigenvalue weighted by Crippen LogP contribution is -2.55. The average molecular weight is 504 g/mol. The lowest BCUT2D eigenvalue weighted by molar-refractivity contribution is -0.132. The Bertz CT molecular complexity index is 1060. The molecule has 0 saturated carbocycles. The van der Waals surface area contributed by atoms with Crippen molar-refractivity contribution in [3.63, 3.8) is 0 Å². The lowest BCUT2D eigenvalue weighted by Gasteiger charge is -2.42. The number of halogens is 2. The van der Waals surface area contributed by atoms with E-state index in [0.717, 1.165) is 5.69 Å². The third kappa shape index (κ3) is 6.52. The number of rotatable bonds is 6. The zero-order valence-corrected chi connectivity index (χ0v) is 20.9. The fraction of sp³-hybridized carbons (Fsp3) is 0.519. The monoisotopic (exact) mass is 503 g/mol. The molecular formula is C27H35F2N3O4. The summed E-state index contributed by atoms with van der Waals surface area (Å²) in [7, 11) is 0. The molecule has 1 amide bonds. The zero-order valence-electron chi connectivity index (χ0n) is 20.9. The molecule has 2 N–H and O–H groups in total. The Morgan fingerprint density at radius 1 is 0.972 bits per heavy atom. The van der Waals surface area contributed by atoms with E-state index >= 15 is 0 Å². The second-order valence-corrected chi connectivity index (χ2v) is 10.3. The first-order valence-corrected chi connectivity index (χ1v) is 12.4. The highest BCUT2D eigenvalue weighted by Crippen LogP contribution is 2.29. The first-order chi connectivity index (χ1) is 17.0. The molecule has 0 aliphatic carbocycles. The van der Waals surface area contributed by atoms with Gasteiger partial charge in [0.1, 0.15) is 29.6 Å². The minimum absolute atomic E-state index is 0.0743. The van der Waals surface area contributed by atoms with E-state index in [1.165, 1.54) is 31.2 Å². The van der Waals surface area contributed by atoms with Gasteiger partial charge in [-0.2, -0.15) is 0 Å². The van der Waals surface area contributed by atoms with Crippen LogP contribution in [-0.4, -0.2) is 89.5 Å². The first-order valence-electron chi connectivity index (χ1n) is 12.4. The number of anilines is 1. The number of piperidine rings is 1. The molecule has 2 aromatic rings. The molecule has 0 bridgehead atoms. The van der Waals surface area contributed by atoms with Gasteiger partial charge < -0.3 is 24.7 Å². The molecule has 2 aliphatic rings. The van der Waals surface area contributed by atoms with Crippen molar-refractivity contribution in [1.82, 2.24) is 9.80 Å². The van der Waals surface area contributed by atoms with E-state index in [1.807, 2.05) is 4.90 Å². The third-order valence-electron chi connectivity index (χ3n) is 7.18. The fourth-order valence-corrected chi connectivity index (χ4v) is 5.07. The predicted molar refractivity (Wildman–Crippen MR) is 133 cm³/mol. The van der Waals surface area contributed by atoms with Gasteiger partial charge in [-0.25, -0.2) is 8.78 Å². The van der Waals surface area contributed by atoms with Crippen LogP contribution in [0, 0.1) is 18.6 Å². The summed E-state index contributed by atoms with van der Waals surface area (Å²) in [6.07, 6.45) is 1.06. The molecule has 2 aliphatic heterocycles. The molecule has 2 heterocycles. The van der Waals surface area contributed by atoms with Crippen molar-refractivity contribution in [3.05, 3.63) is 59.7 Å². The number of ether oxygens (including phenoxy) is 1. The molecule has 0 aromatic heterocycles. The van der Waals surface area contributed by atoms with E-state index < -0.39 is 11.2 Å². The maximum atomic E-state index is 13.6. The van der Waals surface area contributed by atoms with Crippen LogP contribution in [0.5, 0.6) is 5.75 Å². The summed E-state index contributed by atoms with van der Waals surface area (Å²) in [5, 5.41) is 22.9. The smallest absolute Gasteiger partial charge is 0.219 e. The molecule has 2 fully saturated rings. The third-order valence-corrected chi connectivity index (χ3v) is 7.18. The van der Waals surface area contributed by atoms with E-state index in [-0.39, 0.29) is 37.2 Å². The predicted octanol–water partition coefficient (Wildman–Crippen LogP) is 2.58. The largest absolute Gasteiger partial charge is 0.490 e. The topological polar surface area (TPSA) is 76.5 Å². The second-order valence-electron chi connectivity index (χ2n) is 10.3. The number of aliphatic hydroxyl groups is 2. The van der Waals surface area contributed by atoms with Crippen molar-refractivity contribution in [3.8, 4) is 5.75 Å². The Morgan fingerprint density at radius 2 is 1.67 bits per heavy atom. The van der Waals surface area contributed by atoms with Crippen LogP contribution in [-0.2, 0) is 4.79 Å². The van der Waals surface area contributed by atoms with Crippen LogP contribution in [0.4, 0.5) is 14.5 Å². The normalized spacial score (nSPS) is 22.8. The van der Waals surface area contributed by atoms with Crippen molar-refractivity contribution in [1.29, 1.82) is 0 Å². The number of amides is 1. The van der Waals surface area contributed by atoms with E-state index in [2.05, 4.69) is 4.90 Å². The van der Waals surface area contributed by atoms with Crippen LogP contribution in [0.25, 0.3) is 0 Å². The minimum Gasteiger partial charge on any atom is -0.490 e. The van der Waals surface area contributed by atoms with Crippen LogP contribution in [0.2, 0.25) is 0 Å². The molecule has 0 radical (unpaired) electrons. The standard InChI is InChI=1S/C27H35F2N3O4/c1-20-15-24(7-8-25(20)29)36-19-27(35)17-30(13-14-32(18-27)21(2)33)16-26(34)9-11-31(12-10-26)23-5-3-22(28)4-6-23/h3-8,15,34-35H,9-14,16-19H2,1-2H3/t27-/m0/s1. The molecule has 4 rings (SSSR count). The molecule has 2 saturated heterocycles. The van der Waals surface area contributed by atoms with Gasteiger partial charge in [0.25, 0.3) is 0 Å². The molecule has 1 atom stereocenters. The Morgan fingerprint density at radius 3 is 2.31 bits per heavy atom. The lowest BCUT2D eigenvalue weighted by atomic mass is 9.90. The maximum absolute atomic E-state index is 13.6. The number of hydrogen-bond donors (Lipinski definition) is 2. The molecule has 36 heavy (non-hydrogen) atoms. The van der Waals surface area contributed by atoms with Gasteiger partial charge in [-0.05, 0) is 67.8 Å². The highest BCUT2D eigenvalue weighted by Gasteiger charge is 2.41. The summed E-state index contributed by atoms with van der Waals surface area (Å²) in [5.41, 5.74) is -0.942. The number of carbonyl (C=O) groups excluding carboxylic acids is 1. The van der Waals surface area contributed by atoms with E-state index in [1.54, 1.807) is 30.0 Å². The summed E-state index contributed by atoms with van der Waals surface area (Å²) in [6, 6.07) is 10.8. The number of β-amino-alcohol motifs (C(OH)–C–C–N with tert-alkyl or cyclic N) is 2. The van der Waals surface area contributed by atoms with Crippen LogP contribution < -0.4 is 9.64 Å². The molecule has 0 unspecified atom stereocenters. The second kappa shape index (κ2) is 10.7. The molecule has 0 spiro atoms. The molecular weight excluding hydrogens is 468 g/mol. The van der Waals surface area contributed by atoms with Crippen LogP contribution >= 0.6 is 0 Å². The van der Waals surface area contributed by atoms with Gasteiger partial charge in [-0.1, -0.05) is 0 Å². The summed E-state index contributed by atoms with van der Waals surface area (Å²) in [6.45, 7) is 5.94. The fourth-order valence-electron chi connectivity index (χ4n) is 5.07. The van der Waals surface area contributed by atoms with Gasteiger partial charge in [-0.3, -0.25) is 9.69 Å². The Labute approximate surface area is 210 Å². The van der Waals surface area contributed by atoms with Crippen molar-refractivity contribution < 1.29 is 28.5 Å². The summed E-state index contributed by atoms with van der Waals surface area (Å²) in [4.78, 5) is 17.9. The Balaban J connectivity index is 1.41. The summed E-state index contributed by atoms with van der Waals surface area (Å²) >= 11 is 0. The van der Waals surface area contributed by atoms with Crippen molar-refractivity contribution in [2.24, 2.45) is 0 Å². The van der Waals surface area contributed by atoms with E-state index in [9.17, 15) is 23.8 Å². The van der Waals surface area contributed by atoms with Gasteiger partial charge >= 0.3 is 0 Å². The highest BCUT2D eigenvalue weighted by atomic mass is 19.1. The number of benzene rings is 2. The number of nitrogens with zero attached hydrogens (tertiary/aromatic N) is 3. The number of aryl methyl sites for hydroxylation is 1. The van der Waals surface area contributed by atoms with Gasteiger partial charge in [0.2, 0.25) is 5.91 Å². The zero-order chi connectivity index (χ0) is 25.9. The van der Waals surface area contributed by atoms with Crippen molar-refractivity contribution >= 4 is 11.6 Å². The van der Waals surface area contributed by atoms with Crippen molar-refractivity contribution in [2.45, 2.75) is 37.9 Å². The van der Waals surface area contributed by atoms with E-state index in [4.69, 9.17) is 4.74 Å². The maximum Gasteiger partial charge on any atom is 0.219 e. The van der Waals surface area contributed by atoms with Gasteiger partial charge in [-0.15, -0.1) is 0 Å². The Kier molecular flexibility index (Phi) is 7.82. The molecule has 7 nitrogen and oxygen atoms in total. The first kappa shape index (κ1) is 26.3. The van der Waals surface area contributed by atoms with Gasteiger partial charge in [0.05, 0.1) is 12.1 Å². The number of carbonyl (C=O) groups is 1. The summed E-state index contributed by atoms with van der Waals surface area (Å²) in [5.74, 6) is -0.305. The minimum atomic E-state index is -1.37. The highest BCUT2D eigenvalue weighted by molar-refractivity contribution is 5.73. The van der Waals surface area contributed by atoms with Crippen LogP contribution in [0.15, 0.2) is 42.5 Å². The van der Waals surface area contributed by atoms with Crippen LogP contribution in [0.3, 0.4) is 0 Å². The van der Waals surface area contributed by atoms with E-state index in [0.29, 0.717) is 56.9 Å². The van der Waals surface area contributed by atoms with Gasteiger partial charge in [0, 0.05) is 51.9 Å². The quantitative estimate of drug-likeness (QED) is 0.631. The Hall–Kier alpha value is -2.75. The number of hydrogen-bond acceptors (Lipinski definition) is 6. The van der Waals surface area contributed by atoms with Crippen LogP contribution in [0.1, 0.15) is 25.3 Å². The molecule has 2 aromatic carbocycles. The molecule has 196 valence electrons. The average Bonchev–Trinajstić information content (AvgIpc) is 3.00. The SMILES string of the molecule is CC(=O)N1CCN(CC2(O)CCN(c3ccc(F)cc3)CC2)C[C@@](O)(COc2ccc(F)c(C)c2)C1. The van der Waals surface area contributed by atoms with Crippen molar-refractivity contribution in [2.75, 3.05) is 57.3 Å². The summed E-state index contributed by atoms with van der Waals surface area (Å²) < 4.78 is 32.7. The van der Waals surface area contributed by atoms with Gasteiger partial charge in [0.15, 0.2) is 0 Å².